The van der Waals surface area contributed by atoms with Crippen LogP contribution in [-0.4, -0.2) is 30.7 Å². The molecule has 7 heteroatoms. The molecular weight excluding hydrogens is 427 g/mol. The van der Waals surface area contributed by atoms with Gasteiger partial charge in [-0.1, -0.05) is 53.5 Å². The maximum absolute atomic E-state index is 12.7. The second kappa shape index (κ2) is 8.66. The average molecular weight is 445 g/mol. The predicted molar refractivity (Wildman–Crippen MR) is 121 cm³/mol. The first-order valence-corrected chi connectivity index (χ1v) is 11.1. The van der Waals surface area contributed by atoms with Crippen LogP contribution in [0, 0.1) is 0 Å². The molecule has 4 nitrogen and oxygen atoms in total. The van der Waals surface area contributed by atoms with Crippen molar-refractivity contribution in [1.29, 1.82) is 0 Å². The van der Waals surface area contributed by atoms with Crippen LogP contribution in [0.15, 0.2) is 54.6 Å². The maximum atomic E-state index is 12.7. The Hall–Kier alpha value is -2.21. The number of carbonyl (C=O) groups excluding carboxylic acids is 2. The summed E-state index contributed by atoms with van der Waals surface area (Å²) in [5.41, 5.74) is 2.35. The van der Waals surface area contributed by atoms with E-state index in [1.807, 2.05) is 54.6 Å². The van der Waals surface area contributed by atoms with Crippen molar-refractivity contribution < 1.29 is 9.59 Å². The molecule has 0 unspecified atom stereocenters. The summed E-state index contributed by atoms with van der Waals surface area (Å²) in [6, 6.07) is 16.9. The molecule has 1 aliphatic rings. The van der Waals surface area contributed by atoms with E-state index in [0.717, 1.165) is 27.8 Å². The van der Waals surface area contributed by atoms with E-state index in [9.17, 15) is 9.59 Å². The standard InChI is InChI=1S/C22H18Cl2N2O2S/c23-17-7-3-8-18(24)16(17)13-29-11-10-25-20(27)12-26-19-9-2-5-14-4-1-6-15(21(14)19)22(26)28/h1-9H,10-13H2,(H,25,27). The van der Waals surface area contributed by atoms with Crippen LogP contribution in [0.3, 0.4) is 0 Å². The molecule has 1 N–H and O–H groups in total. The van der Waals surface area contributed by atoms with Crippen molar-refractivity contribution in [3.05, 3.63) is 75.8 Å². The highest BCUT2D eigenvalue weighted by Crippen LogP contribution is 2.36. The van der Waals surface area contributed by atoms with Crippen molar-refractivity contribution in [2.75, 3.05) is 23.7 Å². The first-order chi connectivity index (χ1) is 14.1. The molecule has 29 heavy (non-hydrogen) atoms. The van der Waals surface area contributed by atoms with Gasteiger partial charge in [0, 0.05) is 39.0 Å². The van der Waals surface area contributed by atoms with E-state index < -0.39 is 0 Å². The van der Waals surface area contributed by atoms with Crippen LogP contribution in [0.25, 0.3) is 10.8 Å². The van der Waals surface area contributed by atoms with Crippen molar-refractivity contribution in [3.63, 3.8) is 0 Å². The minimum absolute atomic E-state index is 0.00757. The van der Waals surface area contributed by atoms with Gasteiger partial charge in [-0.15, -0.1) is 0 Å². The van der Waals surface area contributed by atoms with Gasteiger partial charge in [0.15, 0.2) is 0 Å². The molecule has 0 fully saturated rings. The summed E-state index contributed by atoms with van der Waals surface area (Å²) in [6.45, 7) is 0.512. The van der Waals surface area contributed by atoms with E-state index in [4.69, 9.17) is 23.2 Å². The number of thioether (sulfide) groups is 1. The molecule has 0 spiro atoms. The normalized spacial score (nSPS) is 12.6. The largest absolute Gasteiger partial charge is 0.354 e. The monoisotopic (exact) mass is 444 g/mol. The molecule has 1 aliphatic heterocycles. The second-order valence-corrected chi connectivity index (χ2v) is 8.59. The molecule has 0 saturated carbocycles. The molecule has 1 heterocycles. The smallest absolute Gasteiger partial charge is 0.259 e. The lowest BCUT2D eigenvalue weighted by atomic mass is 10.1. The van der Waals surface area contributed by atoms with Gasteiger partial charge in [0.25, 0.3) is 5.91 Å². The first-order valence-electron chi connectivity index (χ1n) is 9.17. The van der Waals surface area contributed by atoms with Crippen LogP contribution >= 0.6 is 35.0 Å². The number of hydrogen-bond acceptors (Lipinski definition) is 3. The van der Waals surface area contributed by atoms with Crippen molar-refractivity contribution in [3.8, 4) is 0 Å². The van der Waals surface area contributed by atoms with Crippen LogP contribution in [-0.2, 0) is 10.5 Å². The summed E-state index contributed by atoms with van der Waals surface area (Å²) in [4.78, 5) is 26.7. The van der Waals surface area contributed by atoms with Crippen LogP contribution in [0.4, 0.5) is 5.69 Å². The van der Waals surface area contributed by atoms with Gasteiger partial charge < -0.3 is 5.32 Å². The quantitative estimate of drug-likeness (QED) is 0.512. The molecule has 0 aliphatic carbocycles. The van der Waals surface area contributed by atoms with E-state index in [2.05, 4.69) is 5.32 Å². The Morgan fingerprint density at radius 2 is 1.69 bits per heavy atom. The van der Waals surface area contributed by atoms with Gasteiger partial charge in [-0.05, 0) is 35.2 Å². The molecule has 4 rings (SSSR count). The van der Waals surface area contributed by atoms with E-state index in [-0.39, 0.29) is 18.4 Å². The Balaban J connectivity index is 1.30. The lowest BCUT2D eigenvalue weighted by molar-refractivity contribution is -0.119. The summed E-state index contributed by atoms with van der Waals surface area (Å²) in [5.74, 6) is 1.09. The van der Waals surface area contributed by atoms with Gasteiger partial charge in [-0.2, -0.15) is 11.8 Å². The third-order valence-corrected chi connectivity index (χ3v) is 6.52. The van der Waals surface area contributed by atoms with Crippen molar-refractivity contribution in [1.82, 2.24) is 5.32 Å². The molecule has 2 amide bonds. The van der Waals surface area contributed by atoms with E-state index in [1.54, 1.807) is 16.7 Å². The van der Waals surface area contributed by atoms with Gasteiger partial charge in [-0.25, -0.2) is 0 Å². The highest BCUT2D eigenvalue weighted by molar-refractivity contribution is 7.98. The number of halogens is 2. The number of nitrogens with one attached hydrogen (secondary N) is 1. The molecule has 0 radical (unpaired) electrons. The molecule has 0 atom stereocenters. The van der Waals surface area contributed by atoms with Gasteiger partial charge in [0.2, 0.25) is 5.91 Å². The van der Waals surface area contributed by atoms with E-state index in [0.29, 0.717) is 27.9 Å². The molecule has 3 aromatic carbocycles. The van der Waals surface area contributed by atoms with Crippen molar-refractivity contribution in [2.24, 2.45) is 0 Å². The molecule has 0 bridgehead atoms. The summed E-state index contributed by atoms with van der Waals surface area (Å²) in [5, 5.41) is 6.10. The number of anilines is 1. The fraction of sp³-hybridized carbons (Fsp3) is 0.182. The summed E-state index contributed by atoms with van der Waals surface area (Å²) in [7, 11) is 0. The Morgan fingerprint density at radius 1 is 1.00 bits per heavy atom. The number of hydrogen-bond donors (Lipinski definition) is 1. The molecule has 0 aromatic heterocycles. The van der Waals surface area contributed by atoms with Crippen molar-refractivity contribution >= 4 is 63.2 Å². The zero-order valence-corrected chi connectivity index (χ0v) is 17.8. The maximum Gasteiger partial charge on any atom is 0.259 e. The highest BCUT2D eigenvalue weighted by atomic mass is 35.5. The minimum Gasteiger partial charge on any atom is -0.354 e. The Labute approximate surface area is 183 Å². The van der Waals surface area contributed by atoms with Gasteiger partial charge >= 0.3 is 0 Å². The van der Waals surface area contributed by atoms with Gasteiger partial charge in [0.1, 0.15) is 6.54 Å². The highest BCUT2D eigenvalue weighted by Gasteiger charge is 2.30. The Bertz CT molecular complexity index is 1080. The Morgan fingerprint density at radius 3 is 2.45 bits per heavy atom. The third-order valence-electron chi connectivity index (χ3n) is 4.83. The summed E-state index contributed by atoms with van der Waals surface area (Å²) >= 11 is 14.0. The fourth-order valence-corrected chi connectivity index (χ4v) is 5.04. The zero-order chi connectivity index (χ0) is 20.4. The average Bonchev–Trinajstić information content (AvgIpc) is 2.98. The van der Waals surface area contributed by atoms with Gasteiger partial charge in [0.05, 0.1) is 5.69 Å². The third kappa shape index (κ3) is 4.08. The number of carbonyl (C=O) groups is 2. The van der Waals surface area contributed by atoms with Crippen LogP contribution < -0.4 is 10.2 Å². The predicted octanol–water partition coefficient (Wildman–Crippen LogP) is 5.16. The molecule has 0 saturated heterocycles. The molecule has 148 valence electrons. The summed E-state index contributed by atoms with van der Waals surface area (Å²) < 4.78 is 0. The lowest BCUT2D eigenvalue weighted by Gasteiger charge is -2.17. The molecule has 3 aromatic rings. The van der Waals surface area contributed by atoms with Crippen LogP contribution in [0.5, 0.6) is 0 Å². The zero-order valence-electron chi connectivity index (χ0n) is 15.5. The number of rotatable bonds is 7. The summed E-state index contributed by atoms with van der Waals surface area (Å²) in [6.07, 6.45) is 0. The minimum atomic E-state index is -0.181. The van der Waals surface area contributed by atoms with E-state index in [1.165, 1.54) is 0 Å². The van der Waals surface area contributed by atoms with Gasteiger partial charge in [-0.3, -0.25) is 14.5 Å². The van der Waals surface area contributed by atoms with Crippen molar-refractivity contribution in [2.45, 2.75) is 5.75 Å². The second-order valence-electron chi connectivity index (χ2n) is 6.67. The fourth-order valence-electron chi connectivity index (χ4n) is 3.44. The topological polar surface area (TPSA) is 49.4 Å². The molecular formula is C22H18Cl2N2O2S. The van der Waals surface area contributed by atoms with E-state index >= 15 is 0 Å². The number of amides is 2. The first kappa shape index (κ1) is 20.1. The number of benzene rings is 3. The Kier molecular flexibility index (Phi) is 5.99. The van der Waals surface area contributed by atoms with Crippen LogP contribution in [0.2, 0.25) is 10.0 Å². The lowest BCUT2D eigenvalue weighted by Crippen LogP contribution is -2.39. The number of nitrogens with zero attached hydrogens (tertiary/aromatic N) is 1. The SMILES string of the molecule is O=C(CN1C(=O)c2cccc3cccc1c23)NCCSCc1c(Cl)cccc1Cl. The van der Waals surface area contributed by atoms with Crippen LogP contribution in [0.1, 0.15) is 15.9 Å².